The van der Waals surface area contributed by atoms with Crippen LogP contribution in [0.5, 0.6) is 0 Å². The second-order valence-electron chi connectivity index (χ2n) is 1.80. The van der Waals surface area contributed by atoms with Gasteiger partial charge in [-0.2, -0.15) is 0 Å². The highest BCUT2D eigenvalue weighted by Gasteiger charge is 1.99. The maximum atomic E-state index is 7.98. The van der Waals surface area contributed by atoms with E-state index in [1.54, 1.807) is 12.2 Å². The maximum Gasteiger partial charge on any atom is 0.106 e. The van der Waals surface area contributed by atoms with Crippen molar-refractivity contribution in [2.75, 3.05) is 6.54 Å². The molecular weight excluding hydrogens is 126 g/mol. The Bertz CT molecular complexity index is 242. The highest BCUT2D eigenvalue weighted by molar-refractivity contribution is 5.30. The van der Waals surface area contributed by atoms with Gasteiger partial charge in [-0.1, -0.05) is 5.11 Å². The fraction of sp³-hybridized carbons (Fsp3) is 0.143. The van der Waals surface area contributed by atoms with Gasteiger partial charge in [-0.05, 0) is 5.53 Å². The van der Waals surface area contributed by atoms with Crippen molar-refractivity contribution in [2.45, 2.75) is 0 Å². The molecule has 0 saturated carbocycles. The Morgan fingerprint density at radius 3 is 3.20 bits per heavy atom. The third-order valence-electron chi connectivity index (χ3n) is 1.09. The van der Waals surface area contributed by atoms with Crippen molar-refractivity contribution in [3.63, 3.8) is 0 Å². The number of nitrogens with zero attached hydrogens (tertiary/aromatic N) is 3. The summed E-state index contributed by atoms with van der Waals surface area (Å²) < 4.78 is 0. The minimum absolute atomic E-state index is 0.411. The first-order chi connectivity index (χ1) is 4.93. The average Bonchev–Trinajstić information content (AvgIpc) is 2.03. The van der Waals surface area contributed by atoms with Crippen molar-refractivity contribution in [3.05, 3.63) is 46.4 Å². The van der Waals surface area contributed by atoms with Gasteiger partial charge in [-0.25, -0.2) is 0 Å². The molecule has 3 nitrogen and oxygen atoms in total. The Morgan fingerprint density at radius 2 is 2.60 bits per heavy atom. The van der Waals surface area contributed by atoms with Crippen LogP contribution in [0.4, 0.5) is 0 Å². The first-order valence-electron chi connectivity index (χ1n) is 2.89. The summed E-state index contributed by atoms with van der Waals surface area (Å²) in [6.07, 6.45) is 10.2. The van der Waals surface area contributed by atoms with Crippen LogP contribution < -0.4 is 0 Å². The third kappa shape index (κ3) is 1.75. The second kappa shape index (κ2) is 3.46. The lowest BCUT2D eigenvalue weighted by Crippen LogP contribution is -1.84. The molecule has 1 aliphatic rings. The van der Waals surface area contributed by atoms with Gasteiger partial charge in [0, 0.05) is 17.1 Å². The molecular formula is C7H6N3+. The van der Waals surface area contributed by atoms with Gasteiger partial charge in [0.1, 0.15) is 12.2 Å². The summed E-state index contributed by atoms with van der Waals surface area (Å²) in [6, 6.07) is 0. The van der Waals surface area contributed by atoms with Crippen LogP contribution in [-0.2, 0) is 0 Å². The molecule has 0 N–H and O–H groups in total. The summed E-state index contributed by atoms with van der Waals surface area (Å²) in [5.74, 6) is 0. The summed E-state index contributed by atoms with van der Waals surface area (Å²) in [5.41, 5.74) is 8.96. The topological polar surface area (TPSA) is 48.8 Å². The smallest absolute Gasteiger partial charge is 0.0754 e. The van der Waals surface area contributed by atoms with Gasteiger partial charge in [-0.15, -0.1) is 0 Å². The van der Waals surface area contributed by atoms with E-state index in [9.17, 15) is 0 Å². The zero-order valence-corrected chi connectivity index (χ0v) is 5.36. The highest BCUT2D eigenvalue weighted by atomic mass is 15.1. The molecule has 3 heteroatoms. The van der Waals surface area contributed by atoms with Crippen molar-refractivity contribution in [1.29, 1.82) is 0 Å². The molecule has 0 radical (unpaired) electrons. The predicted molar refractivity (Wildman–Crippen MR) is 39.0 cm³/mol. The van der Waals surface area contributed by atoms with Crippen molar-refractivity contribution in [1.82, 2.24) is 0 Å². The molecule has 0 fully saturated rings. The SMILES string of the molecule is [N-]=[N+]=NCC1=CC=C[C+]=C1. The van der Waals surface area contributed by atoms with E-state index in [2.05, 4.69) is 16.1 Å². The average molecular weight is 132 g/mol. The molecule has 0 aromatic heterocycles. The number of hydrogen-bond donors (Lipinski definition) is 0. The fourth-order valence-electron chi connectivity index (χ4n) is 0.642. The van der Waals surface area contributed by atoms with Gasteiger partial charge >= 0.3 is 0 Å². The van der Waals surface area contributed by atoms with E-state index in [0.29, 0.717) is 6.54 Å². The molecule has 48 valence electrons. The molecule has 0 atom stereocenters. The van der Waals surface area contributed by atoms with E-state index >= 15 is 0 Å². The van der Waals surface area contributed by atoms with E-state index in [-0.39, 0.29) is 0 Å². The van der Waals surface area contributed by atoms with Gasteiger partial charge in [0.05, 0.1) is 18.2 Å². The van der Waals surface area contributed by atoms with Crippen molar-refractivity contribution in [2.24, 2.45) is 5.11 Å². The Kier molecular flexibility index (Phi) is 2.27. The number of allylic oxidation sites excluding steroid dienone is 4. The molecule has 0 spiro atoms. The molecule has 1 aliphatic carbocycles. The fourth-order valence-corrected chi connectivity index (χ4v) is 0.642. The predicted octanol–water partition coefficient (Wildman–Crippen LogP) is 2.15. The van der Waals surface area contributed by atoms with Crippen molar-refractivity contribution >= 4 is 0 Å². The normalized spacial score (nSPS) is 13.4. The zero-order chi connectivity index (χ0) is 7.23. The Morgan fingerprint density at radius 1 is 1.70 bits per heavy atom. The molecule has 1 rings (SSSR count). The van der Waals surface area contributed by atoms with Crippen LogP contribution in [0, 0.1) is 6.08 Å². The Labute approximate surface area is 59.0 Å². The largest absolute Gasteiger partial charge is 0.106 e. The molecule has 0 aromatic rings. The number of rotatable bonds is 2. The van der Waals surface area contributed by atoms with E-state index in [1.165, 1.54) is 0 Å². The number of hydrogen-bond acceptors (Lipinski definition) is 1. The molecule has 10 heavy (non-hydrogen) atoms. The zero-order valence-electron chi connectivity index (χ0n) is 5.36. The van der Waals surface area contributed by atoms with E-state index in [0.717, 1.165) is 5.57 Å². The molecule has 0 aliphatic heterocycles. The van der Waals surface area contributed by atoms with Crippen LogP contribution in [0.25, 0.3) is 10.4 Å². The van der Waals surface area contributed by atoms with E-state index < -0.39 is 0 Å². The van der Waals surface area contributed by atoms with Gasteiger partial charge in [-0.3, -0.25) is 0 Å². The van der Waals surface area contributed by atoms with Crippen molar-refractivity contribution in [3.8, 4) is 0 Å². The standard InChI is InChI=1S/C7H6N3/c8-10-9-6-7-4-2-1-3-5-7/h1-2,4-5H,6H2/q+1. The molecule has 0 unspecified atom stereocenters. The summed E-state index contributed by atoms with van der Waals surface area (Å²) in [4.78, 5) is 2.64. The van der Waals surface area contributed by atoms with Gasteiger partial charge in [0.15, 0.2) is 0 Å². The number of azide groups is 1. The molecule has 0 aromatic carbocycles. The molecule has 0 saturated heterocycles. The van der Waals surface area contributed by atoms with Crippen LogP contribution in [0.15, 0.2) is 35.0 Å². The monoisotopic (exact) mass is 132 g/mol. The molecule has 0 amide bonds. The lowest BCUT2D eigenvalue weighted by Gasteiger charge is -1.85. The van der Waals surface area contributed by atoms with Crippen LogP contribution in [0.2, 0.25) is 0 Å². The minimum atomic E-state index is 0.411. The highest BCUT2D eigenvalue weighted by Crippen LogP contribution is 2.02. The van der Waals surface area contributed by atoms with Gasteiger partial charge in [0.2, 0.25) is 0 Å². The third-order valence-corrected chi connectivity index (χ3v) is 1.09. The molecule has 0 heterocycles. The first kappa shape index (κ1) is 6.56. The van der Waals surface area contributed by atoms with Crippen molar-refractivity contribution < 1.29 is 0 Å². The second-order valence-corrected chi connectivity index (χ2v) is 1.80. The lowest BCUT2D eigenvalue weighted by molar-refractivity contribution is 1.15. The minimum Gasteiger partial charge on any atom is -0.0754 e. The van der Waals surface area contributed by atoms with E-state index in [1.807, 2.05) is 12.2 Å². The van der Waals surface area contributed by atoms with Crippen LogP contribution in [-0.4, -0.2) is 6.54 Å². The Balaban J connectivity index is 2.57. The molecule has 0 bridgehead atoms. The van der Waals surface area contributed by atoms with E-state index in [4.69, 9.17) is 5.53 Å². The maximum absolute atomic E-state index is 7.98. The summed E-state index contributed by atoms with van der Waals surface area (Å²) in [7, 11) is 0. The lowest BCUT2D eigenvalue weighted by atomic mass is 10.2. The Hall–Kier alpha value is -1.56. The summed E-state index contributed by atoms with van der Waals surface area (Å²) in [5, 5.41) is 3.40. The summed E-state index contributed by atoms with van der Waals surface area (Å²) >= 11 is 0. The van der Waals surface area contributed by atoms with Gasteiger partial charge < -0.3 is 0 Å². The quantitative estimate of drug-likeness (QED) is 0.239. The van der Waals surface area contributed by atoms with Gasteiger partial charge in [0.25, 0.3) is 0 Å². The first-order valence-corrected chi connectivity index (χ1v) is 2.89. The van der Waals surface area contributed by atoms with Crippen LogP contribution in [0.3, 0.4) is 0 Å². The van der Waals surface area contributed by atoms with Crippen LogP contribution in [0.1, 0.15) is 0 Å². The van der Waals surface area contributed by atoms with Crippen LogP contribution >= 0.6 is 0 Å². The summed E-state index contributed by atoms with van der Waals surface area (Å²) in [6.45, 7) is 0.411.